The molecule has 0 radical (unpaired) electrons. The fourth-order valence-electron chi connectivity index (χ4n) is 5.49. The van der Waals surface area contributed by atoms with Crippen molar-refractivity contribution in [1.82, 2.24) is 14.8 Å². The van der Waals surface area contributed by atoms with Crippen LogP contribution in [0.15, 0.2) is 54.9 Å². The number of amides is 2. The van der Waals surface area contributed by atoms with Crippen LogP contribution in [0.5, 0.6) is 17.2 Å². The van der Waals surface area contributed by atoms with Gasteiger partial charge in [0.2, 0.25) is 11.7 Å². The van der Waals surface area contributed by atoms with Gasteiger partial charge in [-0.3, -0.25) is 19.5 Å². The second-order valence-electron chi connectivity index (χ2n) is 10.8. The Bertz CT molecular complexity index is 1400. The number of pyridine rings is 1. The van der Waals surface area contributed by atoms with E-state index in [2.05, 4.69) is 23.7 Å². The Morgan fingerprint density at radius 2 is 1.65 bits per heavy atom. The van der Waals surface area contributed by atoms with E-state index in [1.807, 2.05) is 6.07 Å². The fraction of sp³-hybridized carbons (Fsp3) is 0.424. The van der Waals surface area contributed by atoms with Gasteiger partial charge in [-0.1, -0.05) is 6.07 Å². The van der Waals surface area contributed by atoms with Crippen LogP contribution in [0.4, 0.5) is 10.1 Å². The lowest BCUT2D eigenvalue weighted by Crippen LogP contribution is -2.41. The van der Waals surface area contributed by atoms with Crippen LogP contribution in [0.2, 0.25) is 0 Å². The first-order chi connectivity index (χ1) is 20.8. The van der Waals surface area contributed by atoms with Crippen LogP contribution >= 0.6 is 0 Å². The standard InChI is InChI=1S/C33H41FN4O5/c1-23(2)36-17-6-18-38(33(40)25-13-15-35-16-14-25)28-10-9-27(34)21-26(28)22-37(20-19-36)30(39)12-8-24-7-11-29(41-3)32(43-5)31(24)42-4/h7,9-11,13-16,21,23H,6,8,12,17-20,22H2,1-5H3. The van der Waals surface area contributed by atoms with Gasteiger partial charge in [0.25, 0.3) is 5.91 Å². The average molecular weight is 593 g/mol. The molecule has 1 aliphatic heterocycles. The van der Waals surface area contributed by atoms with Crippen LogP contribution in [0.1, 0.15) is 48.2 Å². The molecule has 2 aromatic carbocycles. The number of nitrogens with zero attached hydrogens (tertiary/aromatic N) is 4. The second-order valence-corrected chi connectivity index (χ2v) is 10.8. The number of rotatable bonds is 8. The van der Waals surface area contributed by atoms with E-state index < -0.39 is 5.82 Å². The first kappa shape index (κ1) is 31.7. The first-order valence-electron chi connectivity index (χ1n) is 14.6. The number of fused-ring (bicyclic) bond motifs is 1. The van der Waals surface area contributed by atoms with Crippen molar-refractivity contribution in [1.29, 1.82) is 0 Å². The summed E-state index contributed by atoms with van der Waals surface area (Å²) in [4.78, 5) is 37.4. The third-order valence-electron chi connectivity index (χ3n) is 7.83. The topological polar surface area (TPSA) is 84.4 Å². The zero-order valence-corrected chi connectivity index (χ0v) is 25.6. The molecule has 0 saturated heterocycles. The van der Waals surface area contributed by atoms with E-state index in [0.717, 1.165) is 18.5 Å². The van der Waals surface area contributed by atoms with E-state index in [4.69, 9.17) is 14.2 Å². The highest BCUT2D eigenvalue weighted by molar-refractivity contribution is 6.06. The molecule has 2 amide bonds. The minimum absolute atomic E-state index is 0.0815. The predicted molar refractivity (Wildman–Crippen MR) is 163 cm³/mol. The van der Waals surface area contributed by atoms with Gasteiger partial charge in [-0.15, -0.1) is 0 Å². The van der Waals surface area contributed by atoms with Crippen LogP contribution in [0.25, 0.3) is 0 Å². The Morgan fingerprint density at radius 3 is 2.33 bits per heavy atom. The number of methoxy groups -OCH3 is 3. The number of carbonyl (C=O) groups is 2. The lowest BCUT2D eigenvalue weighted by atomic mass is 10.1. The predicted octanol–water partition coefficient (Wildman–Crippen LogP) is 4.97. The molecule has 0 atom stereocenters. The molecular weight excluding hydrogens is 551 g/mol. The van der Waals surface area contributed by atoms with Crippen molar-refractivity contribution in [3.05, 3.63) is 77.4 Å². The summed E-state index contributed by atoms with van der Waals surface area (Å²) in [5.74, 6) is 0.846. The maximum absolute atomic E-state index is 14.7. The van der Waals surface area contributed by atoms with E-state index in [1.165, 1.54) is 12.1 Å². The molecule has 10 heteroatoms. The Labute approximate surface area is 253 Å². The molecule has 2 heterocycles. The number of hydrogen-bond acceptors (Lipinski definition) is 7. The summed E-state index contributed by atoms with van der Waals surface area (Å²) >= 11 is 0. The summed E-state index contributed by atoms with van der Waals surface area (Å²) < 4.78 is 31.2. The summed E-state index contributed by atoms with van der Waals surface area (Å²) in [5.41, 5.74) is 2.49. The number of anilines is 1. The first-order valence-corrected chi connectivity index (χ1v) is 14.6. The molecule has 0 saturated carbocycles. The summed E-state index contributed by atoms with van der Waals surface area (Å²) in [6.07, 6.45) is 4.50. The molecule has 43 heavy (non-hydrogen) atoms. The van der Waals surface area contributed by atoms with Gasteiger partial charge in [0.05, 0.1) is 21.3 Å². The van der Waals surface area contributed by atoms with Gasteiger partial charge >= 0.3 is 0 Å². The quantitative estimate of drug-likeness (QED) is 0.365. The smallest absolute Gasteiger partial charge is 0.258 e. The zero-order valence-electron chi connectivity index (χ0n) is 25.6. The fourth-order valence-corrected chi connectivity index (χ4v) is 5.49. The number of carbonyl (C=O) groups excluding carboxylic acids is 2. The van der Waals surface area contributed by atoms with Crippen molar-refractivity contribution in [2.75, 3.05) is 52.4 Å². The third-order valence-corrected chi connectivity index (χ3v) is 7.83. The van der Waals surface area contributed by atoms with Crippen molar-refractivity contribution < 1.29 is 28.2 Å². The van der Waals surface area contributed by atoms with Gasteiger partial charge in [0, 0.05) is 68.8 Å². The molecule has 0 fully saturated rings. The van der Waals surface area contributed by atoms with Gasteiger partial charge in [-0.05, 0) is 74.2 Å². The zero-order chi connectivity index (χ0) is 30.9. The van der Waals surface area contributed by atoms with Gasteiger partial charge in [-0.2, -0.15) is 0 Å². The molecule has 1 aromatic heterocycles. The largest absolute Gasteiger partial charge is 0.493 e. The molecule has 0 spiro atoms. The molecule has 3 aromatic rings. The van der Waals surface area contributed by atoms with Gasteiger partial charge in [0.15, 0.2) is 11.5 Å². The highest BCUT2D eigenvalue weighted by Crippen LogP contribution is 2.40. The van der Waals surface area contributed by atoms with E-state index in [-0.39, 0.29) is 30.8 Å². The Balaban J connectivity index is 1.66. The summed E-state index contributed by atoms with van der Waals surface area (Å²) in [7, 11) is 4.66. The van der Waals surface area contributed by atoms with E-state index in [9.17, 15) is 14.0 Å². The monoisotopic (exact) mass is 592 g/mol. The van der Waals surface area contributed by atoms with E-state index in [0.29, 0.717) is 60.1 Å². The van der Waals surface area contributed by atoms with Crippen LogP contribution in [-0.2, 0) is 17.8 Å². The molecule has 0 bridgehead atoms. The van der Waals surface area contributed by atoms with Crippen molar-refractivity contribution in [2.24, 2.45) is 0 Å². The SMILES string of the molecule is COc1ccc(CCC(=O)N2CCN(C(C)C)CCCN(C(=O)c3ccncc3)c3ccc(F)cc3C2)c(OC)c1OC. The molecule has 230 valence electrons. The number of ether oxygens (including phenoxy) is 3. The van der Waals surface area contributed by atoms with Gasteiger partial charge in [0.1, 0.15) is 5.82 Å². The van der Waals surface area contributed by atoms with Gasteiger partial charge < -0.3 is 24.0 Å². The molecule has 1 aliphatic rings. The second kappa shape index (κ2) is 14.8. The normalized spacial score (nSPS) is 14.6. The maximum Gasteiger partial charge on any atom is 0.258 e. The van der Waals surface area contributed by atoms with Crippen LogP contribution < -0.4 is 19.1 Å². The van der Waals surface area contributed by atoms with Crippen molar-refractivity contribution in [2.45, 2.75) is 45.7 Å². The average Bonchev–Trinajstić information content (AvgIpc) is 3.05. The van der Waals surface area contributed by atoms with E-state index >= 15 is 0 Å². The maximum atomic E-state index is 14.7. The highest BCUT2D eigenvalue weighted by atomic mass is 19.1. The number of benzene rings is 2. The van der Waals surface area contributed by atoms with Crippen LogP contribution in [0, 0.1) is 5.82 Å². The van der Waals surface area contributed by atoms with Crippen molar-refractivity contribution >= 4 is 17.5 Å². The lowest BCUT2D eigenvalue weighted by molar-refractivity contribution is -0.132. The molecular formula is C33H41FN4O5. The van der Waals surface area contributed by atoms with Crippen molar-refractivity contribution in [3.8, 4) is 17.2 Å². The van der Waals surface area contributed by atoms with Gasteiger partial charge in [-0.25, -0.2) is 4.39 Å². The molecule has 0 aliphatic carbocycles. The minimum Gasteiger partial charge on any atom is -0.493 e. The minimum atomic E-state index is -0.420. The Hall–Kier alpha value is -4.18. The molecule has 4 rings (SSSR count). The molecule has 9 nitrogen and oxygen atoms in total. The summed E-state index contributed by atoms with van der Waals surface area (Å²) in [5, 5.41) is 0. The summed E-state index contributed by atoms with van der Waals surface area (Å²) in [6.45, 7) is 6.75. The Kier molecular flexibility index (Phi) is 10.9. The van der Waals surface area contributed by atoms with Crippen LogP contribution in [-0.4, -0.2) is 80.1 Å². The summed E-state index contributed by atoms with van der Waals surface area (Å²) in [6, 6.07) is 11.7. The molecule has 0 N–H and O–H groups in total. The number of halogens is 1. The highest BCUT2D eigenvalue weighted by Gasteiger charge is 2.26. The van der Waals surface area contributed by atoms with Crippen LogP contribution in [0.3, 0.4) is 0 Å². The van der Waals surface area contributed by atoms with Crippen molar-refractivity contribution in [3.63, 3.8) is 0 Å². The van der Waals surface area contributed by atoms with E-state index in [1.54, 1.807) is 67.8 Å². The molecule has 0 unspecified atom stereocenters. The number of aromatic nitrogens is 1. The third kappa shape index (κ3) is 7.62. The number of aryl methyl sites for hydroxylation is 1. The lowest BCUT2D eigenvalue weighted by Gasteiger charge is -2.30. The number of hydrogen-bond donors (Lipinski definition) is 0. The Morgan fingerprint density at radius 1 is 0.907 bits per heavy atom.